The average molecular weight is 286 g/mol. The molecule has 0 saturated heterocycles. The van der Waals surface area contributed by atoms with Gasteiger partial charge in [0, 0.05) is 0 Å². The smallest absolute Gasteiger partial charge is 0.142 e. The van der Waals surface area contributed by atoms with E-state index in [-0.39, 0.29) is 16.3 Å². The molecule has 0 radical (unpaired) electrons. The summed E-state index contributed by atoms with van der Waals surface area (Å²) in [7, 11) is 0. The van der Waals surface area contributed by atoms with E-state index < -0.39 is 0 Å². The van der Waals surface area contributed by atoms with Gasteiger partial charge in [0.1, 0.15) is 5.82 Å². The SMILES string of the molecule is CC(C)CNCCC(C)(C)Cc1ccc(Cl)c(F)c1. The Labute approximate surface area is 121 Å². The van der Waals surface area contributed by atoms with E-state index in [1.54, 1.807) is 12.1 Å². The molecule has 0 spiro atoms. The number of hydrogen-bond donors (Lipinski definition) is 1. The molecule has 0 aliphatic heterocycles. The Morgan fingerprint density at radius 1 is 1.32 bits per heavy atom. The van der Waals surface area contributed by atoms with Crippen LogP contribution in [0.4, 0.5) is 4.39 Å². The van der Waals surface area contributed by atoms with Gasteiger partial charge in [-0.15, -0.1) is 0 Å². The number of nitrogens with one attached hydrogen (secondary N) is 1. The molecule has 0 heterocycles. The van der Waals surface area contributed by atoms with Gasteiger partial charge in [-0.05, 0) is 55.0 Å². The molecule has 19 heavy (non-hydrogen) atoms. The maximum absolute atomic E-state index is 13.4. The van der Waals surface area contributed by atoms with Crippen LogP contribution in [-0.2, 0) is 6.42 Å². The van der Waals surface area contributed by atoms with Crippen LogP contribution in [0, 0.1) is 17.2 Å². The van der Waals surface area contributed by atoms with Crippen LogP contribution in [0.2, 0.25) is 5.02 Å². The van der Waals surface area contributed by atoms with Crippen LogP contribution in [0.1, 0.15) is 39.7 Å². The van der Waals surface area contributed by atoms with Crippen molar-refractivity contribution in [2.24, 2.45) is 11.3 Å². The normalized spacial score (nSPS) is 12.2. The van der Waals surface area contributed by atoms with Crippen molar-refractivity contribution in [1.29, 1.82) is 0 Å². The molecule has 0 atom stereocenters. The first-order valence-electron chi connectivity index (χ1n) is 6.95. The quantitative estimate of drug-likeness (QED) is 0.717. The average Bonchev–Trinajstić information content (AvgIpc) is 2.29. The van der Waals surface area contributed by atoms with E-state index in [1.165, 1.54) is 0 Å². The molecule has 0 aliphatic carbocycles. The lowest BCUT2D eigenvalue weighted by atomic mass is 9.82. The monoisotopic (exact) mass is 285 g/mol. The highest BCUT2D eigenvalue weighted by molar-refractivity contribution is 6.30. The summed E-state index contributed by atoms with van der Waals surface area (Å²) in [6, 6.07) is 5.10. The second-order valence-electron chi connectivity index (χ2n) is 6.44. The van der Waals surface area contributed by atoms with E-state index in [4.69, 9.17) is 11.6 Å². The van der Waals surface area contributed by atoms with E-state index in [1.807, 2.05) is 6.07 Å². The second kappa shape index (κ2) is 7.25. The predicted octanol–water partition coefficient (Wildman–Crippen LogP) is 4.68. The lowest BCUT2D eigenvalue weighted by Crippen LogP contribution is -2.26. The lowest BCUT2D eigenvalue weighted by Gasteiger charge is -2.25. The van der Waals surface area contributed by atoms with Crippen LogP contribution in [0.3, 0.4) is 0 Å². The van der Waals surface area contributed by atoms with Crippen LogP contribution < -0.4 is 5.32 Å². The molecule has 1 N–H and O–H groups in total. The Morgan fingerprint density at radius 2 is 2.00 bits per heavy atom. The number of hydrogen-bond acceptors (Lipinski definition) is 1. The minimum Gasteiger partial charge on any atom is -0.316 e. The minimum atomic E-state index is -0.326. The molecule has 0 aliphatic rings. The lowest BCUT2D eigenvalue weighted by molar-refractivity contribution is 0.322. The van der Waals surface area contributed by atoms with E-state index in [0.29, 0.717) is 5.92 Å². The van der Waals surface area contributed by atoms with E-state index in [2.05, 4.69) is 33.0 Å². The third-order valence-corrected chi connectivity index (χ3v) is 3.50. The molecule has 0 saturated carbocycles. The first-order valence-corrected chi connectivity index (χ1v) is 7.32. The van der Waals surface area contributed by atoms with Crippen molar-refractivity contribution in [3.05, 3.63) is 34.6 Å². The zero-order valence-corrected chi connectivity index (χ0v) is 13.1. The molecule has 0 unspecified atom stereocenters. The predicted molar refractivity (Wildman–Crippen MR) is 81.2 cm³/mol. The summed E-state index contributed by atoms with van der Waals surface area (Å²) in [4.78, 5) is 0. The fourth-order valence-corrected chi connectivity index (χ4v) is 2.23. The number of halogens is 2. The van der Waals surface area contributed by atoms with Gasteiger partial charge in [-0.3, -0.25) is 0 Å². The first kappa shape index (κ1) is 16.5. The van der Waals surface area contributed by atoms with Gasteiger partial charge >= 0.3 is 0 Å². The van der Waals surface area contributed by atoms with E-state index in [0.717, 1.165) is 31.5 Å². The van der Waals surface area contributed by atoms with Gasteiger partial charge in [0.05, 0.1) is 5.02 Å². The molecule has 1 nitrogen and oxygen atoms in total. The summed E-state index contributed by atoms with van der Waals surface area (Å²) >= 11 is 5.70. The summed E-state index contributed by atoms with van der Waals surface area (Å²) in [6.45, 7) is 10.9. The highest BCUT2D eigenvalue weighted by atomic mass is 35.5. The fraction of sp³-hybridized carbons (Fsp3) is 0.625. The van der Waals surface area contributed by atoms with Crippen LogP contribution in [0.25, 0.3) is 0 Å². The van der Waals surface area contributed by atoms with E-state index >= 15 is 0 Å². The molecule has 0 aromatic heterocycles. The third kappa shape index (κ3) is 6.40. The van der Waals surface area contributed by atoms with Gasteiger partial charge in [0.25, 0.3) is 0 Å². The Balaban J connectivity index is 2.46. The van der Waals surface area contributed by atoms with Crippen LogP contribution in [0.5, 0.6) is 0 Å². The van der Waals surface area contributed by atoms with Gasteiger partial charge in [0.2, 0.25) is 0 Å². The molecule has 1 aromatic rings. The molecule has 1 rings (SSSR count). The Morgan fingerprint density at radius 3 is 2.58 bits per heavy atom. The molecule has 0 bridgehead atoms. The largest absolute Gasteiger partial charge is 0.316 e. The third-order valence-electron chi connectivity index (χ3n) is 3.20. The van der Waals surface area contributed by atoms with Gasteiger partial charge in [-0.2, -0.15) is 0 Å². The van der Waals surface area contributed by atoms with Crippen molar-refractivity contribution in [3.8, 4) is 0 Å². The fourth-order valence-electron chi connectivity index (χ4n) is 2.11. The van der Waals surface area contributed by atoms with Crippen molar-refractivity contribution in [3.63, 3.8) is 0 Å². The molecule has 0 fully saturated rings. The Kier molecular flexibility index (Phi) is 6.28. The maximum Gasteiger partial charge on any atom is 0.142 e. The summed E-state index contributed by atoms with van der Waals surface area (Å²) in [5.41, 5.74) is 1.17. The van der Waals surface area contributed by atoms with Crippen LogP contribution >= 0.6 is 11.6 Å². The second-order valence-corrected chi connectivity index (χ2v) is 6.84. The molecule has 3 heteroatoms. The first-order chi connectivity index (χ1) is 8.80. The summed E-state index contributed by atoms with van der Waals surface area (Å²) in [5.74, 6) is 0.348. The summed E-state index contributed by atoms with van der Waals surface area (Å²) < 4.78 is 13.4. The number of rotatable bonds is 7. The molecular weight excluding hydrogens is 261 g/mol. The van der Waals surface area contributed by atoms with Gasteiger partial charge in [0.15, 0.2) is 0 Å². The standard InChI is InChI=1S/C16H25ClFN/c1-12(2)11-19-8-7-16(3,4)10-13-5-6-14(17)15(18)9-13/h5-6,9,12,19H,7-8,10-11H2,1-4H3. The van der Waals surface area contributed by atoms with Crippen LogP contribution in [0.15, 0.2) is 18.2 Å². The molecular formula is C16H25ClFN. The highest BCUT2D eigenvalue weighted by Gasteiger charge is 2.18. The Hall–Kier alpha value is -0.600. The van der Waals surface area contributed by atoms with Crippen molar-refractivity contribution in [1.82, 2.24) is 5.32 Å². The summed E-state index contributed by atoms with van der Waals surface area (Å²) in [6.07, 6.45) is 1.94. The topological polar surface area (TPSA) is 12.0 Å². The highest BCUT2D eigenvalue weighted by Crippen LogP contribution is 2.27. The summed E-state index contributed by atoms with van der Waals surface area (Å²) in [5, 5.41) is 3.65. The zero-order chi connectivity index (χ0) is 14.5. The zero-order valence-electron chi connectivity index (χ0n) is 12.4. The van der Waals surface area contributed by atoms with Gasteiger partial charge < -0.3 is 5.32 Å². The maximum atomic E-state index is 13.4. The Bertz CT molecular complexity index is 402. The molecule has 108 valence electrons. The van der Waals surface area contributed by atoms with Crippen molar-refractivity contribution in [2.75, 3.05) is 13.1 Å². The van der Waals surface area contributed by atoms with Crippen molar-refractivity contribution < 1.29 is 4.39 Å². The number of benzene rings is 1. The van der Waals surface area contributed by atoms with E-state index in [9.17, 15) is 4.39 Å². The van der Waals surface area contributed by atoms with Gasteiger partial charge in [-0.25, -0.2) is 4.39 Å². The minimum absolute atomic E-state index is 0.157. The molecule has 0 amide bonds. The van der Waals surface area contributed by atoms with Gasteiger partial charge in [-0.1, -0.05) is 45.4 Å². The molecule has 1 aromatic carbocycles. The van der Waals surface area contributed by atoms with Crippen molar-refractivity contribution in [2.45, 2.75) is 40.5 Å². The van der Waals surface area contributed by atoms with Crippen molar-refractivity contribution >= 4 is 11.6 Å². The van der Waals surface area contributed by atoms with Crippen LogP contribution in [-0.4, -0.2) is 13.1 Å².